The molecule has 1 amide bonds. The van der Waals surface area contributed by atoms with Crippen molar-refractivity contribution in [3.8, 4) is 0 Å². The number of furan rings is 1. The maximum Gasteiger partial charge on any atom is 0.256 e. The van der Waals surface area contributed by atoms with Crippen molar-refractivity contribution >= 4 is 21.8 Å². The summed E-state index contributed by atoms with van der Waals surface area (Å²) >= 11 is 3.17. The maximum atomic E-state index is 11.8. The van der Waals surface area contributed by atoms with Crippen molar-refractivity contribution in [1.29, 1.82) is 0 Å². The number of amides is 1. The number of aromatic nitrogens is 2. The number of nitrogens with one attached hydrogen (secondary N) is 1. The van der Waals surface area contributed by atoms with Crippen LogP contribution in [-0.2, 0) is 13.1 Å². The van der Waals surface area contributed by atoms with E-state index in [0.717, 1.165) is 12.2 Å². The number of nitrogens with zero attached hydrogens (tertiary/aromatic N) is 2. The predicted molar refractivity (Wildman–Crippen MR) is 65.5 cm³/mol. The van der Waals surface area contributed by atoms with Crippen LogP contribution >= 0.6 is 15.9 Å². The maximum absolute atomic E-state index is 11.8. The van der Waals surface area contributed by atoms with Crippen molar-refractivity contribution in [3.05, 3.63) is 40.5 Å². The molecule has 0 saturated carbocycles. The second kappa shape index (κ2) is 5.18. The lowest BCUT2D eigenvalue weighted by Gasteiger charge is -2.06. The zero-order valence-corrected chi connectivity index (χ0v) is 10.9. The third-order valence-corrected chi connectivity index (χ3v) is 3.01. The highest BCUT2D eigenvalue weighted by Crippen LogP contribution is 2.17. The van der Waals surface area contributed by atoms with Crippen LogP contribution in [0.2, 0.25) is 0 Å². The number of carbonyl (C=O) groups is 1. The summed E-state index contributed by atoms with van der Waals surface area (Å²) in [6.45, 7) is 3.24. The largest absolute Gasteiger partial charge is 0.457 e. The molecule has 2 aromatic heterocycles. The Balaban J connectivity index is 1.99. The molecule has 0 aromatic carbocycles. The highest BCUT2D eigenvalue weighted by atomic mass is 79.9. The number of carbonyl (C=O) groups excluding carboxylic acids is 1. The van der Waals surface area contributed by atoms with Gasteiger partial charge in [0.25, 0.3) is 5.91 Å². The summed E-state index contributed by atoms with van der Waals surface area (Å²) in [7, 11) is 0. The predicted octanol–water partition coefficient (Wildman–Crippen LogP) is 2.19. The number of hydrogen-bond acceptors (Lipinski definition) is 3. The molecule has 0 radical (unpaired) electrons. The summed E-state index contributed by atoms with van der Waals surface area (Å²) in [5.74, 6) is -0.172. The van der Waals surface area contributed by atoms with Gasteiger partial charge in [0.2, 0.25) is 0 Å². The van der Waals surface area contributed by atoms with Gasteiger partial charge in [-0.15, -0.1) is 0 Å². The number of hydrogen-bond donors (Lipinski definition) is 1. The van der Waals surface area contributed by atoms with Gasteiger partial charge in [-0.2, -0.15) is 5.10 Å². The topological polar surface area (TPSA) is 60.1 Å². The third kappa shape index (κ3) is 2.58. The van der Waals surface area contributed by atoms with E-state index in [1.54, 1.807) is 12.3 Å². The second-order valence-electron chi connectivity index (χ2n) is 3.43. The molecule has 90 valence electrons. The fourth-order valence-corrected chi connectivity index (χ4v) is 1.94. The van der Waals surface area contributed by atoms with E-state index in [9.17, 15) is 4.79 Å². The van der Waals surface area contributed by atoms with Crippen LogP contribution in [0.3, 0.4) is 0 Å². The monoisotopic (exact) mass is 297 g/mol. The van der Waals surface area contributed by atoms with E-state index in [0.29, 0.717) is 16.8 Å². The molecular weight excluding hydrogens is 286 g/mol. The molecule has 2 heterocycles. The standard InChI is InChI=1S/C11H12BrN3O2/c1-2-15-8(3-5-14-15)7-13-11(16)9-4-6-17-10(9)12/h3-6H,2,7H2,1H3,(H,13,16). The molecule has 0 aliphatic carbocycles. The van der Waals surface area contributed by atoms with Crippen LogP contribution in [0.5, 0.6) is 0 Å². The summed E-state index contributed by atoms with van der Waals surface area (Å²) in [6.07, 6.45) is 3.19. The van der Waals surface area contributed by atoms with E-state index in [-0.39, 0.29) is 5.91 Å². The van der Waals surface area contributed by atoms with Crippen molar-refractivity contribution in [2.45, 2.75) is 20.0 Å². The fraction of sp³-hybridized carbons (Fsp3) is 0.273. The smallest absolute Gasteiger partial charge is 0.256 e. The minimum Gasteiger partial charge on any atom is -0.457 e. The lowest BCUT2D eigenvalue weighted by atomic mass is 10.3. The van der Waals surface area contributed by atoms with Crippen molar-refractivity contribution < 1.29 is 9.21 Å². The highest BCUT2D eigenvalue weighted by Gasteiger charge is 2.12. The Morgan fingerprint density at radius 1 is 1.59 bits per heavy atom. The summed E-state index contributed by atoms with van der Waals surface area (Å²) in [6, 6.07) is 3.50. The van der Waals surface area contributed by atoms with Crippen LogP contribution in [0.15, 0.2) is 33.7 Å². The highest BCUT2D eigenvalue weighted by molar-refractivity contribution is 9.10. The first kappa shape index (κ1) is 11.9. The van der Waals surface area contributed by atoms with Gasteiger partial charge in [0.05, 0.1) is 24.1 Å². The normalized spacial score (nSPS) is 10.5. The molecular formula is C11H12BrN3O2. The number of halogens is 1. The van der Waals surface area contributed by atoms with E-state index in [4.69, 9.17) is 4.42 Å². The van der Waals surface area contributed by atoms with E-state index in [1.165, 1.54) is 6.26 Å². The molecule has 0 aliphatic rings. The molecule has 6 heteroatoms. The Bertz CT molecular complexity index is 518. The van der Waals surface area contributed by atoms with Crippen molar-refractivity contribution in [3.63, 3.8) is 0 Å². The van der Waals surface area contributed by atoms with E-state index >= 15 is 0 Å². The summed E-state index contributed by atoms with van der Waals surface area (Å²) in [5, 5.41) is 6.94. The first-order valence-electron chi connectivity index (χ1n) is 5.24. The summed E-state index contributed by atoms with van der Waals surface area (Å²) in [4.78, 5) is 11.8. The Morgan fingerprint density at radius 2 is 2.41 bits per heavy atom. The van der Waals surface area contributed by atoms with E-state index in [1.807, 2.05) is 17.7 Å². The van der Waals surface area contributed by atoms with Gasteiger partial charge in [-0.25, -0.2) is 0 Å². The van der Waals surface area contributed by atoms with Crippen molar-refractivity contribution in [2.24, 2.45) is 0 Å². The number of aryl methyl sites for hydroxylation is 1. The molecule has 17 heavy (non-hydrogen) atoms. The van der Waals surface area contributed by atoms with Gasteiger partial charge in [0.1, 0.15) is 0 Å². The van der Waals surface area contributed by atoms with Crippen LogP contribution in [0.25, 0.3) is 0 Å². The molecule has 0 bridgehead atoms. The Hall–Kier alpha value is -1.56. The quantitative estimate of drug-likeness (QED) is 0.941. The molecule has 0 saturated heterocycles. The van der Waals surface area contributed by atoms with Gasteiger partial charge < -0.3 is 9.73 Å². The lowest BCUT2D eigenvalue weighted by Crippen LogP contribution is -2.24. The molecule has 0 spiro atoms. The second-order valence-corrected chi connectivity index (χ2v) is 4.15. The van der Waals surface area contributed by atoms with Gasteiger partial charge in [-0.1, -0.05) is 0 Å². The Kier molecular flexibility index (Phi) is 3.63. The van der Waals surface area contributed by atoms with Crippen LogP contribution < -0.4 is 5.32 Å². The van der Waals surface area contributed by atoms with Crippen LogP contribution in [0.4, 0.5) is 0 Å². The minimum absolute atomic E-state index is 0.172. The van der Waals surface area contributed by atoms with Crippen molar-refractivity contribution in [2.75, 3.05) is 0 Å². The first-order valence-corrected chi connectivity index (χ1v) is 6.03. The summed E-state index contributed by atoms with van der Waals surface area (Å²) < 4.78 is 7.29. The van der Waals surface area contributed by atoms with Gasteiger partial charge in [-0.3, -0.25) is 9.48 Å². The molecule has 2 aromatic rings. The zero-order chi connectivity index (χ0) is 12.3. The minimum atomic E-state index is -0.172. The van der Waals surface area contributed by atoms with Crippen LogP contribution in [0, 0.1) is 0 Å². The number of rotatable bonds is 4. The first-order chi connectivity index (χ1) is 8.22. The average molecular weight is 298 g/mol. The van der Waals surface area contributed by atoms with Gasteiger partial charge in [-0.05, 0) is 35.0 Å². The van der Waals surface area contributed by atoms with Gasteiger partial charge in [0.15, 0.2) is 4.67 Å². The van der Waals surface area contributed by atoms with E-state index in [2.05, 4.69) is 26.3 Å². The molecule has 1 N–H and O–H groups in total. The average Bonchev–Trinajstić information content (AvgIpc) is 2.94. The van der Waals surface area contributed by atoms with Gasteiger partial charge in [0, 0.05) is 12.7 Å². The molecule has 5 nitrogen and oxygen atoms in total. The molecule has 0 fully saturated rings. The van der Waals surface area contributed by atoms with Crippen LogP contribution in [-0.4, -0.2) is 15.7 Å². The Morgan fingerprint density at radius 3 is 3.06 bits per heavy atom. The summed E-state index contributed by atoms with van der Waals surface area (Å²) in [5.41, 5.74) is 1.47. The lowest BCUT2D eigenvalue weighted by molar-refractivity contribution is 0.0948. The molecule has 2 rings (SSSR count). The SMILES string of the molecule is CCn1nccc1CNC(=O)c1ccoc1Br. The molecule has 0 aliphatic heterocycles. The van der Waals surface area contributed by atoms with E-state index < -0.39 is 0 Å². The molecule has 0 unspecified atom stereocenters. The van der Waals surface area contributed by atoms with Crippen molar-refractivity contribution in [1.82, 2.24) is 15.1 Å². The zero-order valence-electron chi connectivity index (χ0n) is 9.31. The fourth-order valence-electron chi connectivity index (χ4n) is 1.52. The molecule has 0 atom stereocenters. The Labute approximate surface area is 107 Å². The van der Waals surface area contributed by atoms with Gasteiger partial charge >= 0.3 is 0 Å². The third-order valence-electron chi connectivity index (χ3n) is 2.40. The van der Waals surface area contributed by atoms with Crippen LogP contribution in [0.1, 0.15) is 23.0 Å².